The Morgan fingerprint density at radius 2 is 1.77 bits per heavy atom. The van der Waals surface area contributed by atoms with E-state index >= 15 is 0 Å². The summed E-state index contributed by atoms with van der Waals surface area (Å²) < 4.78 is 44.4. The number of Topliss-reactive ketones (excluding diaryl/α,β-unsaturated/α-hetero) is 2. The van der Waals surface area contributed by atoms with Gasteiger partial charge in [0.15, 0.2) is 11.4 Å². The maximum atomic E-state index is 14.8. The van der Waals surface area contributed by atoms with E-state index in [1.807, 2.05) is 0 Å². The number of carbonyl (C=O) groups is 3. The number of phenols is 1. The highest BCUT2D eigenvalue weighted by atomic mass is 19.4. The second kappa shape index (κ2) is 10.6. The molecule has 5 rings (SSSR count). The van der Waals surface area contributed by atoms with Crippen LogP contribution >= 0.6 is 0 Å². The number of aromatic hydroxyl groups is 1. The zero-order valence-electron chi connectivity index (χ0n) is 25.1. The van der Waals surface area contributed by atoms with Crippen molar-refractivity contribution in [2.75, 3.05) is 27.7 Å². The van der Waals surface area contributed by atoms with Crippen LogP contribution in [-0.2, 0) is 28.7 Å². The summed E-state index contributed by atoms with van der Waals surface area (Å²) in [5, 5.41) is 44.9. The summed E-state index contributed by atoms with van der Waals surface area (Å²) >= 11 is 0. The largest absolute Gasteiger partial charge is 0.510 e. The van der Waals surface area contributed by atoms with Crippen LogP contribution in [0.25, 0.3) is 0 Å². The third-order valence-electron chi connectivity index (χ3n) is 10.3. The van der Waals surface area contributed by atoms with Gasteiger partial charge in [-0.05, 0) is 81.8 Å². The molecule has 0 unspecified atom stereocenters. The Bertz CT molecular complexity index is 1510. The molecule has 0 radical (unpaired) electrons. The van der Waals surface area contributed by atoms with E-state index in [9.17, 15) is 48.0 Å². The zero-order valence-corrected chi connectivity index (χ0v) is 25.1. The maximum Gasteiger partial charge on any atom is 0.417 e. The summed E-state index contributed by atoms with van der Waals surface area (Å²) in [5.41, 5.74) is -1.29. The van der Waals surface area contributed by atoms with Crippen LogP contribution < -0.4 is 5.73 Å². The number of nitrogens with zero attached hydrogens (tertiary/aromatic N) is 2. The van der Waals surface area contributed by atoms with Gasteiger partial charge in [-0.15, -0.1) is 0 Å². The first-order chi connectivity index (χ1) is 20.4. The Hall–Kier alpha value is -3.42. The number of hydrogen-bond donors (Lipinski definition) is 5. The van der Waals surface area contributed by atoms with Crippen LogP contribution in [0.2, 0.25) is 0 Å². The number of ketones is 2. The molecule has 4 aliphatic carbocycles. The number of hydrogen-bond acceptors (Lipinski definition) is 9. The topological polar surface area (TPSA) is 165 Å². The van der Waals surface area contributed by atoms with E-state index in [0.29, 0.717) is 6.54 Å². The summed E-state index contributed by atoms with van der Waals surface area (Å²) in [6.07, 6.45) is -1.70. The van der Waals surface area contributed by atoms with Gasteiger partial charge in [0.1, 0.15) is 22.8 Å². The van der Waals surface area contributed by atoms with E-state index < -0.39 is 98.7 Å². The molecular formula is C31H38F3N3O7. The molecule has 4 aliphatic rings. The monoisotopic (exact) mass is 621 g/mol. The highest BCUT2D eigenvalue weighted by molar-refractivity contribution is 6.24. The first-order valence-electron chi connectivity index (χ1n) is 14.7. The summed E-state index contributed by atoms with van der Waals surface area (Å²) in [7, 11) is 4.67. The fourth-order valence-electron chi connectivity index (χ4n) is 8.09. The van der Waals surface area contributed by atoms with Crippen LogP contribution in [0.4, 0.5) is 13.2 Å². The molecule has 0 bridgehead atoms. The van der Waals surface area contributed by atoms with Crippen molar-refractivity contribution in [2.24, 2.45) is 23.0 Å². The number of aliphatic hydroxyl groups excluding tert-OH is 2. The van der Waals surface area contributed by atoms with E-state index in [1.165, 1.54) is 19.0 Å². The van der Waals surface area contributed by atoms with Gasteiger partial charge in [-0.2, -0.15) is 13.2 Å². The first-order valence-corrected chi connectivity index (χ1v) is 14.7. The summed E-state index contributed by atoms with van der Waals surface area (Å²) in [6.45, 7) is 2.51. The Morgan fingerprint density at radius 1 is 1.14 bits per heavy atom. The van der Waals surface area contributed by atoms with Crippen molar-refractivity contribution in [1.29, 1.82) is 0 Å². The van der Waals surface area contributed by atoms with Gasteiger partial charge in [0.25, 0.3) is 5.91 Å². The van der Waals surface area contributed by atoms with E-state index in [0.717, 1.165) is 31.7 Å². The van der Waals surface area contributed by atoms with E-state index in [4.69, 9.17) is 5.73 Å². The number of benzene rings is 1. The van der Waals surface area contributed by atoms with Gasteiger partial charge in [-0.25, -0.2) is 0 Å². The molecule has 0 saturated heterocycles. The lowest BCUT2D eigenvalue weighted by molar-refractivity contribution is -0.148. The normalized spacial score (nSPS) is 28.2. The third-order valence-corrected chi connectivity index (χ3v) is 10.3. The molecule has 1 fully saturated rings. The number of primary amides is 1. The second-order valence-electron chi connectivity index (χ2n) is 13.1. The van der Waals surface area contributed by atoms with E-state index in [2.05, 4.69) is 6.92 Å². The average molecular weight is 622 g/mol. The molecule has 10 nitrogen and oxygen atoms in total. The number of nitrogens with two attached hydrogens (primary N) is 1. The van der Waals surface area contributed by atoms with E-state index in [1.54, 1.807) is 11.9 Å². The molecule has 1 aromatic rings. The molecule has 1 aromatic carbocycles. The number of likely N-dealkylation sites (N-methyl/N-ethyl adjacent to an activating group) is 1. The van der Waals surface area contributed by atoms with Crippen LogP contribution in [0.15, 0.2) is 28.7 Å². The standard InChI is InChI=1S/C31H38F3N3O7/c1-5-29(7-6-8-29)13-37(4)12-15-11-18(38)20-16(22(15)31(32,33)34)9-14-10-17-23(36(2)3)25(40)21(28(35)43)27(42)30(17,44)26(41)19(14)24(20)39/h11,14,17,23,38,40-41,44H,5-10,12-13H2,1-4H3,(H2,35,43)/t14-,17-,23-,30-/m0/s1. The lowest BCUT2D eigenvalue weighted by atomic mass is 9.58. The first kappa shape index (κ1) is 32.0. The fraction of sp³-hybridized carbons (Fsp3) is 0.581. The van der Waals surface area contributed by atoms with Crippen LogP contribution in [0.5, 0.6) is 5.75 Å². The van der Waals surface area contributed by atoms with Gasteiger partial charge >= 0.3 is 6.18 Å². The number of fused-ring (bicyclic) bond motifs is 3. The lowest BCUT2D eigenvalue weighted by Gasteiger charge is -2.50. The van der Waals surface area contributed by atoms with Crippen LogP contribution in [-0.4, -0.2) is 87.0 Å². The number of alkyl halides is 3. The molecule has 44 heavy (non-hydrogen) atoms. The predicted octanol–water partition coefficient (Wildman–Crippen LogP) is 3.15. The van der Waals surface area contributed by atoms with Gasteiger partial charge < -0.3 is 31.1 Å². The molecule has 13 heteroatoms. The number of halogens is 3. The molecule has 1 saturated carbocycles. The molecule has 4 atom stereocenters. The van der Waals surface area contributed by atoms with Crippen molar-refractivity contribution in [3.63, 3.8) is 0 Å². The van der Waals surface area contributed by atoms with Gasteiger partial charge in [-0.1, -0.05) is 13.3 Å². The van der Waals surface area contributed by atoms with Crippen LogP contribution in [0.3, 0.4) is 0 Å². The Kier molecular flexibility index (Phi) is 7.70. The zero-order chi connectivity index (χ0) is 32.7. The van der Waals surface area contributed by atoms with Crippen molar-refractivity contribution in [3.8, 4) is 5.75 Å². The molecule has 1 amide bonds. The highest BCUT2D eigenvalue weighted by Crippen LogP contribution is 2.54. The second-order valence-corrected chi connectivity index (χ2v) is 13.1. The highest BCUT2D eigenvalue weighted by Gasteiger charge is 2.63. The predicted molar refractivity (Wildman–Crippen MR) is 152 cm³/mol. The molecular weight excluding hydrogens is 583 g/mol. The molecule has 0 spiro atoms. The minimum atomic E-state index is -4.89. The van der Waals surface area contributed by atoms with Crippen molar-refractivity contribution in [2.45, 2.75) is 69.8 Å². The van der Waals surface area contributed by atoms with Crippen molar-refractivity contribution < 1.29 is 48.0 Å². The number of phenolic OH excluding ortho intramolecular Hbond substituents is 1. The maximum absolute atomic E-state index is 14.8. The fourth-order valence-corrected chi connectivity index (χ4v) is 8.09. The van der Waals surface area contributed by atoms with Crippen LogP contribution in [0.1, 0.15) is 66.1 Å². The minimum Gasteiger partial charge on any atom is -0.510 e. The van der Waals surface area contributed by atoms with Crippen LogP contribution in [0, 0.1) is 17.3 Å². The Labute approximate surface area is 252 Å². The summed E-state index contributed by atoms with van der Waals surface area (Å²) in [4.78, 5) is 42.5. The molecule has 0 aliphatic heterocycles. The number of carbonyl (C=O) groups excluding carboxylic acids is 3. The summed E-state index contributed by atoms with van der Waals surface area (Å²) in [5.74, 6) is -8.96. The average Bonchev–Trinajstić information content (AvgIpc) is 2.87. The van der Waals surface area contributed by atoms with Crippen molar-refractivity contribution >= 4 is 17.5 Å². The number of allylic oxidation sites excluding steroid dienone is 1. The SMILES string of the molecule is CCC1(CN(C)Cc2cc(O)c3c(c2C(F)(F)F)C[C@H]2C[C@H]4[C@H](N(C)C)C(O)=C(C(N)=O)C(=O)[C@@]4(O)C(O)=C2C3=O)CCC1. The van der Waals surface area contributed by atoms with E-state index in [-0.39, 0.29) is 23.9 Å². The van der Waals surface area contributed by atoms with Gasteiger partial charge in [0.2, 0.25) is 5.78 Å². The third kappa shape index (κ3) is 4.62. The quantitative estimate of drug-likeness (QED) is 0.288. The summed E-state index contributed by atoms with van der Waals surface area (Å²) in [6, 6.07) is -0.318. The molecule has 240 valence electrons. The van der Waals surface area contributed by atoms with Gasteiger partial charge in [-0.3, -0.25) is 19.3 Å². The van der Waals surface area contributed by atoms with Crippen molar-refractivity contribution in [3.05, 3.63) is 51.0 Å². The lowest BCUT2D eigenvalue weighted by Crippen LogP contribution is -2.63. The van der Waals surface area contributed by atoms with Gasteiger partial charge in [0.05, 0.1) is 17.2 Å². The van der Waals surface area contributed by atoms with Gasteiger partial charge in [0, 0.05) is 24.6 Å². The Morgan fingerprint density at radius 3 is 2.27 bits per heavy atom. The number of rotatable bonds is 7. The number of amides is 1. The smallest absolute Gasteiger partial charge is 0.417 e. The van der Waals surface area contributed by atoms with Crippen molar-refractivity contribution in [1.82, 2.24) is 9.80 Å². The molecule has 0 aromatic heterocycles. The molecule has 0 heterocycles. The number of aliphatic hydroxyl groups is 3. The molecule has 6 N–H and O–H groups in total. The Balaban J connectivity index is 1.64. The minimum absolute atomic E-state index is 0.0320.